The van der Waals surface area contributed by atoms with Crippen LogP contribution in [0.25, 0.3) is 0 Å². The number of hydrogen-bond acceptors (Lipinski definition) is 12. The third-order valence-electron chi connectivity index (χ3n) is 17.6. The van der Waals surface area contributed by atoms with Gasteiger partial charge in [0.1, 0.15) is 29.9 Å². The van der Waals surface area contributed by atoms with E-state index in [4.69, 9.17) is 33.2 Å². The van der Waals surface area contributed by atoms with Crippen LogP contribution >= 0.6 is 0 Å². The smallest absolute Gasteiger partial charge is 0.432 e. The standard InChI is InChI=1S/C68H91F9O12/c1-6-7-8-9-10-11-12-13-14-30-41-56(88-61(81)64(84-4,67(72,73)74)52-35-24-19-25-36-52)58-43-44-59(87-58)57(89-62(82)65(85-5,68(75,76)77)53-37-26-20-27-38-53)42-31-16-15-28-39-54(40-29-17-21-32-49-46-50(45-48(2)78)55(79)47-49)86-60(80)63(83-3,66(69,70)71)51-33-22-18-23-34-51/h18-20,22-27,33-38,49-50,54,56-59H,6-17,21,28-32,39-47H2,1-5H3/t49-,50-,54+,56-,57-,58-,59-,63-,64-,65-/m1/s1. The predicted molar refractivity (Wildman–Crippen MR) is 315 cm³/mol. The minimum atomic E-state index is -5.36. The molecule has 0 amide bonds. The molecule has 2 fully saturated rings. The van der Waals surface area contributed by atoms with Gasteiger partial charge in [-0.25, -0.2) is 14.4 Å². The summed E-state index contributed by atoms with van der Waals surface area (Å²) in [6.45, 7) is 3.59. The van der Waals surface area contributed by atoms with Crippen LogP contribution in [0.3, 0.4) is 0 Å². The zero-order chi connectivity index (χ0) is 65.3. The van der Waals surface area contributed by atoms with Crippen molar-refractivity contribution in [3.63, 3.8) is 0 Å². The quantitative estimate of drug-likeness (QED) is 0.0231. The Labute approximate surface area is 518 Å². The summed E-state index contributed by atoms with van der Waals surface area (Å²) in [4.78, 5) is 66.6. The van der Waals surface area contributed by atoms with Crippen molar-refractivity contribution in [1.82, 2.24) is 0 Å². The molecule has 1 aliphatic carbocycles. The molecule has 21 heteroatoms. The van der Waals surface area contributed by atoms with E-state index in [-0.39, 0.29) is 74.8 Å². The number of methoxy groups -OCH3 is 3. The number of carbonyl (C=O) groups excluding carboxylic acids is 5. The molecule has 1 heterocycles. The number of ether oxygens (including phenoxy) is 7. The fourth-order valence-electron chi connectivity index (χ4n) is 12.7. The number of carbonyl (C=O) groups is 5. The normalized spacial score (nSPS) is 20.4. The molecule has 0 unspecified atom stereocenters. The van der Waals surface area contributed by atoms with Gasteiger partial charge in [0.25, 0.3) is 16.8 Å². The van der Waals surface area contributed by atoms with E-state index >= 15 is 39.5 Å². The summed E-state index contributed by atoms with van der Waals surface area (Å²) in [6.07, 6.45) is -7.38. The van der Waals surface area contributed by atoms with E-state index in [1.54, 1.807) is 0 Å². The van der Waals surface area contributed by atoms with Crippen molar-refractivity contribution >= 4 is 29.5 Å². The lowest BCUT2D eigenvalue weighted by atomic mass is 9.92. The summed E-state index contributed by atoms with van der Waals surface area (Å²) in [7, 11) is 2.25. The van der Waals surface area contributed by atoms with Crippen LogP contribution in [0.15, 0.2) is 91.0 Å². The summed E-state index contributed by atoms with van der Waals surface area (Å²) < 4.78 is 176. The molecule has 1 aliphatic heterocycles. The zero-order valence-corrected chi connectivity index (χ0v) is 52.1. The monoisotopic (exact) mass is 1270 g/mol. The van der Waals surface area contributed by atoms with Gasteiger partial charge in [-0.1, -0.05) is 188 Å². The van der Waals surface area contributed by atoms with E-state index in [0.29, 0.717) is 70.6 Å². The summed E-state index contributed by atoms with van der Waals surface area (Å²) >= 11 is 0. The van der Waals surface area contributed by atoms with Crippen molar-refractivity contribution in [3.8, 4) is 0 Å². The third kappa shape index (κ3) is 19.8. The molecule has 0 N–H and O–H groups in total. The third-order valence-corrected chi connectivity index (χ3v) is 17.6. The molecule has 498 valence electrons. The molecule has 0 bridgehead atoms. The van der Waals surface area contributed by atoms with E-state index in [0.717, 1.165) is 109 Å². The predicted octanol–water partition coefficient (Wildman–Crippen LogP) is 16.8. The first-order valence-electron chi connectivity index (χ1n) is 31.7. The second kappa shape index (κ2) is 35.4. The minimum Gasteiger partial charge on any atom is -0.460 e. The average molecular weight is 1270 g/mol. The Morgan fingerprint density at radius 1 is 0.483 bits per heavy atom. The van der Waals surface area contributed by atoms with Gasteiger partial charge in [0.2, 0.25) is 0 Å². The fraction of sp³-hybridized carbons (Fsp3) is 0.662. The van der Waals surface area contributed by atoms with Crippen LogP contribution in [-0.2, 0) is 73.9 Å². The summed E-state index contributed by atoms with van der Waals surface area (Å²) in [5.41, 5.74) is -12.2. The SMILES string of the molecule is CCCCCCCCCCCC[C@@H](OC(=O)[C@](OC)(c1ccccc1)C(F)(F)F)[C@H]1CC[C@H]([C@@H](CCCCCC[C@@H](CCCCC[C@H]2CC(=O)[C@H](CC(C)=O)C2)OC(=O)[C@](OC)(c2ccccc2)C(F)(F)F)OC(=O)[C@](OC)(c2ccccc2)C(F)(F)F)O1. The van der Waals surface area contributed by atoms with Crippen molar-refractivity contribution in [2.45, 2.75) is 253 Å². The lowest BCUT2D eigenvalue weighted by Gasteiger charge is -2.36. The lowest BCUT2D eigenvalue weighted by molar-refractivity contribution is -0.281. The van der Waals surface area contributed by atoms with Gasteiger partial charge in [0.15, 0.2) is 0 Å². The molecule has 10 atom stereocenters. The van der Waals surface area contributed by atoms with Gasteiger partial charge in [-0.2, -0.15) is 39.5 Å². The van der Waals surface area contributed by atoms with Gasteiger partial charge in [0.05, 0.1) is 12.2 Å². The maximum atomic E-state index is 15.3. The first kappa shape index (κ1) is 74.3. The van der Waals surface area contributed by atoms with Gasteiger partial charge in [-0.3, -0.25) is 4.79 Å². The number of ketones is 2. The lowest BCUT2D eigenvalue weighted by Crippen LogP contribution is -2.53. The Balaban J connectivity index is 1.36. The van der Waals surface area contributed by atoms with Gasteiger partial charge in [0, 0.05) is 56.8 Å². The van der Waals surface area contributed by atoms with Crippen LogP contribution in [0.4, 0.5) is 39.5 Å². The molecule has 89 heavy (non-hydrogen) atoms. The van der Waals surface area contributed by atoms with Gasteiger partial charge >= 0.3 is 36.4 Å². The Bertz CT molecular complexity index is 2600. The second-order valence-corrected chi connectivity index (χ2v) is 23.9. The van der Waals surface area contributed by atoms with E-state index in [2.05, 4.69) is 6.92 Å². The molecule has 1 saturated carbocycles. The van der Waals surface area contributed by atoms with Crippen molar-refractivity contribution < 1.29 is 96.6 Å². The van der Waals surface area contributed by atoms with Crippen molar-refractivity contribution in [1.29, 1.82) is 0 Å². The average Bonchev–Trinajstić information content (AvgIpc) is 1.37. The number of unbranched alkanes of at least 4 members (excludes halogenated alkanes) is 14. The van der Waals surface area contributed by atoms with E-state index in [1.165, 1.54) is 61.5 Å². The van der Waals surface area contributed by atoms with Crippen LogP contribution in [0, 0.1) is 11.8 Å². The van der Waals surface area contributed by atoms with Gasteiger partial charge < -0.3 is 38.0 Å². The van der Waals surface area contributed by atoms with Crippen LogP contribution < -0.4 is 0 Å². The summed E-state index contributed by atoms with van der Waals surface area (Å²) in [5.74, 6) is -5.39. The maximum Gasteiger partial charge on any atom is 0.432 e. The van der Waals surface area contributed by atoms with Gasteiger partial charge in [-0.15, -0.1) is 0 Å². The van der Waals surface area contributed by atoms with E-state index in [9.17, 15) is 24.0 Å². The van der Waals surface area contributed by atoms with Crippen LogP contribution in [0.5, 0.6) is 0 Å². The number of rotatable bonds is 40. The molecule has 3 aromatic carbocycles. The highest BCUT2D eigenvalue weighted by Crippen LogP contribution is 2.47. The highest BCUT2D eigenvalue weighted by atomic mass is 19.4. The second-order valence-electron chi connectivity index (χ2n) is 23.9. The molecule has 12 nitrogen and oxygen atoms in total. The zero-order valence-electron chi connectivity index (χ0n) is 52.1. The first-order valence-corrected chi connectivity index (χ1v) is 31.7. The fourth-order valence-corrected chi connectivity index (χ4v) is 12.7. The number of hydrogen-bond donors (Lipinski definition) is 0. The summed E-state index contributed by atoms with van der Waals surface area (Å²) in [6, 6.07) is 18.9. The van der Waals surface area contributed by atoms with Crippen molar-refractivity contribution in [3.05, 3.63) is 108 Å². The molecular formula is C68H91F9O12. The molecule has 0 radical (unpaired) electrons. The first-order chi connectivity index (χ1) is 42.4. The molecule has 5 rings (SSSR count). The number of alkyl halides is 9. The Morgan fingerprint density at radius 3 is 1.17 bits per heavy atom. The molecular weight excluding hydrogens is 1180 g/mol. The van der Waals surface area contributed by atoms with Crippen molar-refractivity contribution in [2.75, 3.05) is 21.3 Å². The number of esters is 3. The number of benzene rings is 3. The maximum absolute atomic E-state index is 15.3. The number of Topliss-reactive ketones (excluding diaryl/α,β-unsaturated/α-hetero) is 2. The molecule has 0 aromatic heterocycles. The summed E-state index contributed by atoms with van der Waals surface area (Å²) in [5, 5.41) is 0. The molecule has 0 spiro atoms. The molecule has 3 aromatic rings. The van der Waals surface area contributed by atoms with Crippen LogP contribution in [-0.4, -0.2) is 99.9 Å². The molecule has 1 saturated heterocycles. The van der Waals surface area contributed by atoms with Crippen molar-refractivity contribution in [2.24, 2.45) is 11.8 Å². The Hall–Kier alpha value is -5.38. The Kier molecular flexibility index (Phi) is 29.6. The van der Waals surface area contributed by atoms with E-state index < -0.39 is 100 Å². The molecule has 2 aliphatic rings. The van der Waals surface area contributed by atoms with Crippen LogP contribution in [0.1, 0.15) is 204 Å². The highest BCUT2D eigenvalue weighted by molar-refractivity contribution is 5.88. The van der Waals surface area contributed by atoms with Crippen LogP contribution in [0.2, 0.25) is 0 Å². The number of halogens is 9. The topological polar surface area (TPSA) is 150 Å². The van der Waals surface area contributed by atoms with Gasteiger partial charge in [-0.05, 0) is 83.5 Å². The van der Waals surface area contributed by atoms with E-state index in [1.807, 2.05) is 0 Å². The minimum absolute atomic E-state index is 0.0233. The Morgan fingerprint density at radius 2 is 0.820 bits per heavy atom. The largest absolute Gasteiger partial charge is 0.460 e. The highest BCUT2D eigenvalue weighted by Gasteiger charge is 2.67.